The molecule has 0 unspecified atom stereocenters. The molecular formula is C22H19N3O4S. The minimum Gasteiger partial charge on any atom is -0.494 e. The van der Waals surface area contributed by atoms with Crippen LogP contribution in [0.4, 0.5) is 5.69 Å². The Morgan fingerprint density at radius 2 is 1.43 bits per heavy atom. The van der Waals surface area contributed by atoms with Gasteiger partial charge >= 0.3 is 0 Å². The van der Waals surface area contributed by atoms with Gasteiger partial charge in [0.05, 0.1) is 11.5 Å². The van der Waals surface area contributed by atoms with Crippen molar-refractivity contribution in [3.8, 4) is 28.7 Å². The number of hydrogen-bond donors (Lipinski definition) is 1. The first-order valence-electron chi connectivity index (χ1n) is 9.30. The molecule has 4 rings (SSSR count). The number of hydrogen-bond acceptors (Lipinski definition) is 6. The number of sulfonamides is 1. The highest BCUT2D eigenvalue weighted by molar-refractivity contribution is 7.92. The standard InChI is InChI=1S/C22H19N3O4S/c1-2-28-19-12-14-20(15-13-19)30(26,27)25-18-10-8-17(9-11-18)22-24-23-21(29-22)16-6-4-3-5-7-16/h3-15,25H,2H2,1H3. The van der Waals surface area contributed by atoms with Gasteiger partial charge in [0.2, 0.25) is 11.8 Å². The first-order valence-corrected chi connectivity index (χ1v) is 10.8. The number of anilines is 1. The molecule has 0 aliphatic heterocycles. The van der Waals surface area contributed by atoms with E-state index in [1.54, 1.807) is 36.4 Å². The topological polar surface area (TPSA) is 94.3 Å². The van der Waals surface area contributed by atoms with Gasteiger partial charge in [-0.25, -0.2) is 8.42 Å². The highest BCUT2D eigenvalue weighted by Crippen LogP contribution is 2.26. The first-order chi connectivity index (χ1) is 14.5. The van der Waals surface area contributed by atoms with Crippen LogP contribution in [0.3, 0.4) is 0 Å². The Morgan fingerprint density at radius 3 is 2.03 bits per heavy atom. The van der Waals surface area contributed by atoms with Gasteiger partial charge in [-0.2, -0.15) is 0 Å². The summed E-state index contributed by atoms with van der Waals surface area (Å²) in [6.07, 6.45) is 0. The van der Waals surface area contributed by atoms with E-state index in [0.29, 0.717) is 35.4 Å². The quantitative estimate of drug-likeness (QED) is 0.469. The second-order valence-corrected chi connectivity index (χ2v) is 8.05. The van der Waals surface area contributed by atoms with Crippen molar-refractivity contribution >= 4 is 15.7 Å². The second kappa shape index (κ2) is 8.38. The largest absolute Gasteiger partial charge is 0.494 e. The maximum Gasteiger partial charge on any atom is 0.261 e. The lowest BCUT2D eigenvalue weighted by atomic mass is 10.2. The molecule has 152 valence electrons. The average Bonchev–Trinajstić information content (AvgIpc) is 3.26. The van der Waals surface area contributed by atoms with Crippen molar-refractivity contribution in [3.63, 3.8) is 0 Å². The lowest BCUT2D eigenvalue weighted by Gasteiger charge is -2.09. The summed E-state index contributed by atoms with van der Waals surface area (Å²) in [6, 6.07) is 22.5. The number of nitrogens with one attached hydrogen (secondary N) is 1. The minimum atomic E-state index is -3.71. The molecule has 0 aliphatic rings. The highest BCUT2D eigenvalue weighted by Gasteiger charge is 2.15. The third-order valence-corrected chi connectivity index (χ3v) is 5.67. The summed E-state index contributed by atoms with van der Waals surface area (Å²) in [5, 5.41) is 8.14. The molecule has 30 heavy (non-hydrogen) atoms. The third kappa shape index (κ3) is 4.33. The summed E-state index contributed by atoms with van der Waals surface area (Å²) in [5.41, 5.74) is 1.94. The number of aromatic nitrogens is 2. The molecular weight excluding hydrogens is 402 g/mol. The van der Waals surface area contributed by atoms with Gasteiger partial charge in [-0.05, 0) is 67.6 Å². The monoisotopic (exact) mass is 421 g/mol. The van der Waals surface area contributed by atoms with Crippen molar-refractivity contribution < 1.29 is 17.6 Å². The molecule has 4 aromatic rings. The lowest BCUT2D eigenvalue weighted by molar-refractivity contribution is 0.340. The first kappa shape index (κ1) is 19.7. The van der Waals surface area contributed by atoms with E-state index in [0.717, 1.165) is 5.56 Å². The molecule has 0 aliphatic carbocycles. The van der Waals surface area contributed by atoms with Crippen molar-refractivity contribution in [3.05, 3.63) is 78.9 Å². The van der Waals surface area contributed by atoms with Crippen LogP contribution in [0.2, 0.25) is 0 Å². The predicted octanol–water partition coefficient (Wildman–Crippen LogP) is 4.60. The van der Waals surface area contributed by atoms with E-state index in [1.165, 1.54) is 12.1 Å². The fraction of sp³-hybridized carbons (Fsp3) is 0.0909. The molecule has 1 aromatic heterocycles. The van der Waals surface area contributed by atoms with Crippen molar-refractivity contribution in [2.45, 2.75) is 11.8 Å². The molecule has 1 N–H and O–H groups in total. The van der Waals surface area contributed by atoms with E-state index >= 15 is 0 Å². The SMILES string of the molecule is CCOc1ccc(S(=O)(=O)Nc2ccc(-c3nnc(-c4ccccc4)o3)cc2)cc1. The van der Waals surface area contributed by atoms with Crippen LogP contribution in [0.5, 0.6) is 5.75 Å². The summed E-state index contributed by atoms with van der Waals surface area (Å²) in [6.45, 7) is 2.39. The summed E-state index contributed by atoms with van der Waals surface area (Å²) < 4.78 is 38.8. The zero-order valence-electron chi connectivity index (χ0n) is 16.1. The molecule has 1 heterocycles. The van der Waals surface area contributed by atoms with Crippen molar-refractivity contribution in [1.29, 1.82) is 0 Å². The maximum atomic E-state index is 12.6. The van der Waals surface area contributed by atoms with Crippen LogP contribution in [-0.4, -0.2) is 25.2 Å². The molecule has 7 nitrogen and oxygen atoms in total. The van der Waals surface area contributed by atoms with E-state index < -0.39 is 10.0 Å². The Bertz CT molecular complexity index is 1220. The number of benzene rings is 3. The van der Waals surface area contributed by atoms with E-state index in [1.807, 2.05) is 37.3 Å². The van der Waals surface area contributed by atoms with E-state index in [9.17, 15) is 8.42 Å². The van der Waals surface area contributed by atoms with Crippen LogP contribution in [0.15, 0.2) is 88.2 Å². The highest BCUT2D eigenvalue weighted by atomic mass is 32.2. The Hall–Kier alpha value is -3.65. The molecule has 8 heteroatoms. The summed E-state index contributed by atoms with van der Waals surface area (Å²) in [5.74, 6) is 1.40. The van der Waals surface area contributed by atoms with Gasteiger partial charge in [0.15, 0.2) is 0 Å². The molecule has 0 bridgehead atoms. The Labute approximate surface area is 174 Å². The second-order valence-electron chi connectivity index (χ2n) is 6.37. The third-order valence-electron chi connectivity index (χ3n) is 4.27. The summed E-state index contributed by atoms with van der Waals surface area (Å²) in [7, 11) is -3.71. The van der Waals surface area contributed by atoms with Gasteiger partial charge in [-0.1, -0.05) is 18.2 Å². The van der Waals surface area contributed by atoms with Crippen LogP contribution in [0.25, 0.3) is 22.9 Å². The summed E-state index contributed by atoms with van der Waals surface area (Å²) in [4.78, 5) is 0.152. The predicted molar refractivity (Wildman–Crippen MR) is 114 cm³/mol. The van der Waals surface area contributed by atoms with Crippen LogP contribution in [-0.2, 0) is 10.0 Å². The minimum absolute atomic E-state index is 0.152. The summed E-state index contributed by atoms with van der Waals surface area (Å²) >= 11 is 0. The number of rotatable bonds is 7. The van der Waals surface area contributed by atoms with Gasteiger partial charge in [0, 0.05) is 16.8 Å². The molecule has 0 spiro atoms. The molecule has 0 saturated heterocycles. The Balaban J connectivity index is 1.49. The van der Waals surface area contributed by atoms with Crippen molar-refractivity contribution in [2.75, 3.05) is 11.3 Å². The van der Waals surface area contributed by atoms with Crippen molar-refractivity contribution in [2.24, 2.45) is 0 Å². The van der Waals surface area contributed by atoms with Crippen LogP contribution in [0, 0.1) is 0 Å². The zero-order chi connectivity index (χ0) is 21.0. The average molecular weight is 421 g/mol. The van der Waals surface area contributed by atoms with E-state index in [-0.39, 0.29) is 4.90 Å². The van der Waals surface area contributed by atoms with Gasteiger partial charge < -0.3 is 9.15 Å². The fourth-order valence-electron chi connectivity index (χ4n) is 2.81. The van der Waals surface area contributed by atoms with Crippen LogP contribution >= 0.6 is 0 Å². The zero-order valence-corrected chi connectivity index (χ0v) is 17.0. The van der Waals surface area contributed by atoms with Crippen LogP contribution in [0.1, 0.15) is 6.92 Å². The van der Waals surface area contributed by atoms with Crippen LogP contribution < -0.4 is 9.46 Å². The van der Waals surface area contributed by atoms with Gasteiger partial charge in [-0.15, -0.1) is 10.2 Å². The Morgan fingerprint density at radius 1 is 0.833 bits per heavy atom. The molecule has 0 fully saturated rings. The maximum absolute atomic E-state index is 12.6. The normalized spacial score (nSPS) is 11.2. The van der Waals surface area contributed by atoms with Gasteiger partial charge in [0.25, 0.3) is 10.0 Å². The lowest BCUT2D eigenvalue weighted by Crippen LogP contribution is -2.12. The van der Waals surface area contributed by atoms with E-state index in [2.05, 4.69) is 14.9 Å². The Kier molecular flexibility index (Phi) is 5.49. The number of ether oxygens (including phenoxy) is 1. The van der Waals surface area contributed by atoms with E-state index in [4.69, 9.17) is 9.15 Å². The van der Waals surface area contributed by atoms with Gasteiger partial charge in [-0.3, -0.25) is 4.72 Å². The molecule has 0 saturated carbocycles. The molecule has 3 aromatic carbocycles. The smallest absolute Gasteiger partial charge is 0.261 e. The number of nitrogens with zero attached hydrogens (tertiary/aromatic N) is 2. The van der Waals surface area contributed by atoms with Crippen molar-refractivity contribution in [1.82, 2.24) is 10.2 Å². The van der Waals surface area contributed by atoms with Gasteiger partial charge in [0.1, 0.15) is 5.75 Å². The molecule has 0 atom stereocenters. The fourth-order valence-corrected chi connectivity index (χ4v) is 3.87. The molecule has 0 radical (unpaired) electrons. The molecule has 0 amide bonds.